The third-order valence-corrected chi connectivity index (χ3v) is 7.16. The summed E-state index contributed by atoms with van der Waals surface area (Å²) in [7, 11) is 1.62. The average molecular weight is 455 g/mol. The van der Waals surface area contributed by atoms with Crippen LogP contribution < -0.4 is 14.2 Å². The fourth-order valence-electron chi connectivity index (χ4n) is 5.56. The highest BCUT2D eigenvalue weighted by molar-refractivity contribution is 6.00. The summed E-state index contributed by atoms with van der Waals surface area (Å²) in [6.45, 7) is 5.46. The van der Waals surface area contributed by atoms with Gasteiger partial charge in [0, 0.05) is 36.5 Å². The third-order valence-electron chi connectivity index (χ3n) is 7.16. The molecule has 1 aromatic carbocycles. The van der Waals surface area contributed by atoms with Crippen molar-refractivity contribution in [3.63, 3.8) is 0 Å². The van der Waals surface area contributed by atoms with Crippen LogP contribution in [0.1, 0.15) is 64.0 Å². The lowest BCUT2D eigenvalue weighted by Gasteiger charge is -2.37. The van der Waals surface area contributed by atoms with Crippen molar-refractivity contribution in [2.75, 3.05) is 13.7 Å². The molecule has 4 aliphatic rings. The molecule has 0 spiro atoms. The lowest BCUT2D eigenvalue weighted by atomic mass is 9.69. The van der Waals surface area contributed by atoms with Gasteiger partial charge in [-0.15, -0.1) is 0 Å². The Morgan fingerprint density at radius 1 is 1.21 bits per heavy atom. The van der Waals surface area contributed by atoms with E-state index < -0.39 is 17.7 Å². The van der Waals surface area contributed by atoms with E-state index in [9.17, 15) is 14.7 Å². The van der Waals surface area contributed by atoms with Gasteiger partial charge in [0.2, 0.25) is 5.76 Å². The van der Waals surface area contributed by atoms with Crippen molar-refractivity contribution in [2.45, 2.75) is 71.0 Å². The van der Waals surface area contributed by atoms with Gasteiger partial charge in [-0.25, -0.2) is 4.79 Å². The molecule has 0 saturated heterocycles. The fourth-order valence-corrected chi connectivity index (χ4v) is 5.56. The van der Waals surface area contributed by atoms with Gasteiger partial charge in [-0.2, -0.15) is 0 Å². The minimum absolute atomic E-state index is 0.165. The van der Waals surface area contributed by atoms with Gasteiger partial charge >= 0.3 is 5.97 Å². The lowest BCUT2D eigenvalue weighted by molar-refractivity contribution is -0.141. The predicted molar refractivity (Wildman–Crippen MR) is 120 cm³/mol. The molecule has 7 nitrogen and oxygen atoms in total. The van der Waals surface area contributed by atoms with Crippen LogP contribution in [0.3, 0.4) is 0 Å². The first-order valence-corrected chi connectivity index (χ1v) is 11.7. The number of aliphatic hydroxyl groups is 1. The highest BCUT2D eigenvalue weighted by Gasteiger charge is 2.44. The summed E-state index contributed by atoms with van der Waals surface area (Å²) < 4.78 is 23.5. The molecule has 176 valence electrons. The number of hydrogen-bond donors (Lipinski definition) is 1. The molecule has 2 aliphatic carbocycles. The maximum absolute atomic E-state index is 12.9. The van der Waals surface area contributed by atoms with Crippen molar-refractivity contribution in [1.29, 1.82) is 0 Å². The Morgan fingerprint density at radius 3 is 2.70 bits per heavy atom. The number of allylic oxidation sites excluding steroid dienone is 3. The van der Waals surface area contributed by atoms with Crippen LogP contribution >= 0.6 is 0 Å². The van der Waals surface area contributed by atoms with Gasteiger partial charge in [0.25, 0.3) is 0 Å². The van der Waals surface area contributed by atoms with Crippen LogP contribution in [0, 0.1) is 5.92 Å². The highest BCUT2D eigenvalue weighted by Crippen LogP contribution is 2.56. The van der Waals surface area contributed by atoms with Gasteiger partial charge in [-0.1, -0.05) is 5.57 Å². The van der Waals surface area contributed by atoms with E-state index in [1.807, 2.05) is 0 Å². The number of fused-ring (bicyclic) bond motifs is 5. The Hall–Kier alpha value is -2.80. The largest absolute Gasteiger partial charge is 0.496 e. The van der Waals surface area contributed by atoms with Crippen LogP contribution in [0.2, 0.25) is 0 Å². The number of benzene rings is 1. The van der Waals surface area contributed by atoms with E-state index in [1.165, 1.54) is 5.57 Å². The Balaban J connectivity index is 1.73. The summed E-state index contributed by atoms with van der Waals surface area (Å²) in [6, 6.07) is 1.79. The molecule has 2 aliphatic heterocycles. The molecule has 1 saturated carbocycles. The molecule has 2 heterocycles. The van der Waals surface area contributed by atoms with Gasteiger partial charge in [-0.05, 0) is 51.5 Å². The van der Waals surface area contributed by atoms with Crippen molar-refractivity contribution in [3.05, 3.63) is 34.1 Å². The zero-order chi connectivity index (χ0) is 23.5. The van der Waals surface area contributed by atoms with Gasteiger partial charge in [-0.3, -0.25) is 4.79 Å². The first-order chi connectivity index (χ1) is 15.7. The average Bonchev–Trinajstić information content (AvgIpc) is 3.20. The van der Waals surface area contributed by atoms with E-state index in [4.69, 9.17) is 18.9 Å². The van der Waals surface area contributed by atoms with Gasteiger partial charge in [0.05, 0.1) is 24.9 Å². The Kier molecular flexibility index (Phi) is 5.27. The summed E-state index contributed by atoms with van der Waals surface area (Å²) in [6.07, 6.45) is 3.22. The summed E-state index contributed by atoms with van der Waals surface area (Å²) in [5, 5.41) is 10.6. The molecule has 2 atom stereocenters. The number of carbonyl (C=O) groups excluding carboxylic acids is 2. The SMILES string of the molecule is CCOC(=O)C1=C2CCC3CC(=O)CCC3=C2c2c(cc3c(c2OC)CC(C(C)(C)O)O3)O1. The van der Waals surface area contributed by atoms with Crippen molar-refractivity contribution in [2.24, 2.45) is 5.92 Å². The second kappa shape index (κ2) is 7.90. The monoisotopic (exact) mass is 454 g/mol. The second-order valence-electron chi connectivity index (χ2n) is 9.73. The lowest BCUT2D eigenvalue weighted by Crippen LogP contribution is -2.39. The molecule has 7 heteroatoms. The molecular weight excluding hydrogens is 424 g/mol. The molecule has 5 rings (SSSR count). The first-order valence-electron chi connectivity index (χ1n) is 11.7. The number of hydrogen-bond acceptors (Lipinski definition) is 7. The van der Waals surface area contributed by atoms with Crippen LogP contribution in [-0.4, -0.2) is 42.3 Å². The smallest absolute Gasteiger partial charge is 0.374 e. The van der Waals surface area contributed by atoms with Crippen molar-refractivity contribution >= 4 is 17.3 Å². The molecule has 0 amide bonds. The van der Waals surface area contributed by atoms with Crippen LogP contribution in [0.5, 0.6) is 17.2 Å². The van der Waals surface area contributed by atoms with Gasteiger partial charge < -0.3 is 24.1 Å². The number of ketones is 1. The predicted octanol–water partition coefficient (Wildman–Crippen LogP) is 3.90. The van der Waals surface area contributed by atoms with E-state index in [-0.39, 0.29) is 24.1 Å². The second-order valence-corrected chi connectivity index (χ2v) is 9.73. The maximum atomic E-state index is 12.9. The number of ether oxygens (including phenoxy) is 4. The molecule has 0 bridgehead atoms. The quantitative estimate of drug-likeness (QED) is 0.690. The highest BCUT2D eigenvalue weighted by atomic mass is 16.6. The number of rotatable bonds is 4. The zero-order valence-corrected chi connectivity index (χ0v) is 19.6. The molecule has 1 aromatic rings. The maximum Gasteiger partial charge on any atom is 0.374 e. The zero-order valence-electron chi connectivity index (χ0n) is 19.6. The molecule has 0 aromatic heterocycles. The summed E-state index contributed by atoms with van der Waals surface area (Å²) in [5.41, 5.74) is 3.65. The number of esters is 1. The third kappa shape index (κ3) is 3.53. The Morgan fingerprint density at radius 2 is 2.00 bits per heavy atom. The van der Waals surface area contributed by atoms with E-state index in [1.54, 1.807) is 33.9 Å². The summed E-state index contributed by atoms with van der Waals surface area (Å²) in [5.74, 6) is 1.89. The summed E-state index contributed by atoms with van der Waals surface area (Å²) in [4.78, 5) is 25.1. The van der Waals surface area contributed by atoms with E-state index in [2.05, 4.69) is 0 Å². The molecule has 33 heavy (non-hydrogen) atoms. The topological polar surface area (TPSA) is 91.3 Å². The number of Topliss-reactive ketones (excluding diaryl/α,β-unsaturated/α-hetero) is 1. The van der Waals surface area contributed by atoms with E-state index in [0.717, 1.165) is 28.7 Å². The minimum atomic E-state index is -1.04. The molecular formula is C26H30O7. The van der Waals surface area contributed by atoms with Crippen LogP contribution in [-0.2, 0) is 20.7 Å². The first kappa shape index (κ1) is 22.0. The molecule has 0 radical (unpaired) electrons. The van der Waals surface area contributed by atoms with Crippen LogP contribution in [0.25, 0.3) is 5.57 Å². The van der Waals surface area contributed by atoms with E-state index >= 15 is 0 Å². The summed E-state index contributed by atoms with van der Waals surface area (Å²) >= 11 is 0. The number of carbonyl (C=O) groups is 2. The molecule has 2 unspecified atom stereocenters. The number of methoxy groups -OCH3 is 1. The standard InChI is InChI=1S/C26H30O7/c1-5-31-25(28)24-16-8-6-13-10-14(27)7-9-15(13)21(16)22-19(33-24)12-18-17(23(22)30-4)11-20(32-18)26(2,3)29/h12-13,20,29H,5-11H2,1-4H3. The fraction of sp³-hybridized carbons (Fsp3) is 0.538. The van der Waals surface area contributed by atoms with Crippen LogP contribution in [0.15, 0.2) is 23.0 Å². The minimum Gasteiger partial charge on any atom is -0.496 e. The molecule has 1 N–H and O–H groups in total. The van der Waals surface area contributed by atoms with Crippen molar-refractivity contribution in [1.82, 2.24) is 0 Å². The Bertz CT molecular complexity index is 1100. The normalized spacial score (nSPS) is 23.7. The van der Waals surface area contributed by atoms with Crippen LogP contribution in [0.4, 0.5) is 0 Å². The van der Waals surface area contributed by atoms with Crippen molar-refractivity contribution < 1.29 is 33.6 Å². The van der Waals surface area contributed by atoms with Gasteiger partial charge in [0.15, 0.2) is 0 Å². The van der Waals surface area contributed by atoms with Gasteiger partial charge in [0.1, 0.15) is 29.1 Å². The van der Waals surface area contributed by atoms with E-state index in [0.29, 0.717) is 49.4 Å². The molecule has 1 fully saturated rings. The Labute approximate surface area is 193 Å². The van der Waals surface area contributed by atoms with Crippen molar-refractivity contribution in [3.8, 4) is 17.2 Å².